The molecule has 0 radical (unpaired) electrons. The number of furan rings is 1. The Morgan fingerprint density at radius 1 is 1.45 bits per heavy atom. The van der Waals surface area contributed by atoms with Crippen LogP contribution >= 0.6 is 0 Å². The maximum absolute atomic E-state index is 9.49. The van der Waals surface area contributed by atoms with Crippen molar-refractivity contribution >= 4 is 0 Å². The van der Waals surface area contributed by atoms with Gasteiger partial charge in [-0.25, -0.2) is 0 Å². The Balaban J connectivity index is 1.73. The molecule has 0 bridgehead atoms. The second-order valence-corrected chi connectivity index (χ2v) is 5.32. The molecule has 20 heavy (non-hydrogen) atoms. The molecule has 1 N–H and O–H groups in total. The summed E-state index contributed by atoms with van der Waals surface area (Å²) in [4.78, 5) is 6.65. The zero-order chi connectivity index (χ0) is 13.9. The molecule has 2 aromatic rings. The van der Waals surface area contributed by atoms with Gasteiger partial charge >= 0.3 is 0 Å². The van der Waals surface area contributed by atoms with Gasteiger partial charge in [-0.3, -0.25) is 4.90 Å². The van der Waals surface area contributed by atoms with Crippen LogP contribution in [0.25, 0.3) is 11.5 Å². The lowest BCUT2D eigenvalue weighted by atomic mass is 9.97. The van der Waals surface area contributed by atoms with Crippen molar-refractivity contribution in [2.24, 2.45) is 0 Å². The highest BCUT2D eigenvalue weighted by atomic mass is 16.5. The van der Waals surface area contributed by atoms with Gasteiger partial charge in [0.25, 0.3) is 5.89 Å². The first-order valence-corrected chi connectivity index (χ1v) is 6.99. The summed E-state index contributed by atoms with van der Waals surface area (Å²) in [7, 11) is 0. The number of piperidine rings is 1. The number of aromatic nitrogens is 2. The Morgan fingerprint density at radius 2 is 2.35 bits per heavy atom. The van der Waals surface area contributed by atoms with E-state index in [2.05, 4.69) is 22.0 Å². The van der Waals surface area contributed by atoms with Gasteiger partial charge in [0.15, 0.2) is 5.82 Å². The van der Waals surface area contributed by atoms with Crippen molar-refractivity contribution in [3.63, 3.8) is 0 Å². The van der Waals surface area contributed by atoms with E-state index in [0.717, 1.165) is 24.8 Å². The molecule has 2 aromatic heterocycles. The average molecular weight is 277 g/mol. The summed E-state index contributed by atoms with van der Waals surface area (Å²) in [6.07, 6.45) is 6.48. The van der Waals surface area contributed by atoms with Crippen LogP contribution in [-0.4, -0.2) is 38.8 Å². The SMILES string of the molecule is CC1CCCC(CO)N1Cc1noc(-c2ccoc2)n1. The van der Waals surface area contributed by atoms with Gasteiger partial charge in [0.05, 0.1) is 25.0 Å². The fraction of sp³-hybridized carbons (Fsp3) is 0.571. The van der Waals surface area contributed by atoms with Crippen LogP contribution in [0.2, 0.25) is 0 Å². The number of aliphatic hydroxyl groups excluding tert-OH is 1. The third kappa shape index (κ3) is 2.62. The first-order chi connectivity index (χ1) is 9.78. The molecule has 1 fully saturated rings. The standard InChI is InChI=1S/C14H19N3O3/c1-10-3-2-4-12(8-18)17(10)7-13-15-14(20-16-13)11-5-6-19-9-11/h5-6,9-10,12,18H,2-4,7-8H2,1H3. The van der Waals surface area contributed by atoms with E-state index in [1.807, 2.05) is 0 Å². The molecule has 0 spiro atoms. The first-order valence-electron chi connectivity index (χ1n) is 6.99. The third-order valence-corrected chi connectivity index (χ3v) is 3.97. The van der Waals surface area contributed by atoms with Gasteiger partial charge in [0.2, 0.25) is 0 Å². The molecule has 6 nitrogen and oxygen atoms in total. The fourth-order valence-electron chi connectivity index (χ4n) is 2.81. The minimum absolute atomic E-state index is 0.177. The largest absolute Gasteiger partial charge is 0.472 e. The van der Waals surface area contributed by atoms with Crippen molar-refractivity contribution in [2.45, 2.75) is 44.8 Å². The average Bonchev–Trinajstić information content (AvgIpc) is 3.11. The summed E-state index contributed by atoms with van der Waals surface area (Å²) in [5.41, 5.74) is 0.786. The predicted molar refractivity (Wildman–Crippen MR) is 71.7 cm³/mol. The van der Waals surface area contributed by atoms with Crippen LogP contribution in [-0.2, 0) is 6.54 Å². The van der Waals surface area contributed by atoms with Gasteiger partial charge < -0.3 is 14.0 Å². The van der Waals surface area contributed by atoms with E-state index in [1.165, 1.54) is 0 Å². The van der Waals surface area contributed by atoms with E-state index in [4.69, 9.17) is 8.94 Å². The molecule has 3 heterocycles. The molecular formula is C14H19N3O3. The molecule has 6 heteroatoms. The normalized spacial score (nSPS) is 24.1. The van der Waals surface area contributed by atoms with Gasteiger partial charge in [0.1, 0.15) is 6.26 Å². The maximum Gasteiger partial charge on any atom is 0.261 e. The van der Waals surface area contributed by atoms with Gasteiger partial charge in [0, 0.05) is 12.1 Å². The van der Waals surface area contributed by atoms with E-state index in [-0.39, 0.29) is 12.6 Å². The lowest BCUT2D eigenvalue weighted by Crippen LogP contribution is -2.46. The number of nitrogens with zero attached hydrogens (tertiary/aromatic N) is 3. The van der Waals surface area contributed by atoms with Gasteiger partial charge in [-0.15, -0.1) is 0 Å². The molecule has 2 unspecified atom stereocenters. The van der Waals surface area contributed by atoms with Crippen LogP contribution in [0.1, 0.15) is 32.0 Å². The number of hydrogen-bond acceptors (Lipinski definition) is 6. The minimum Gasteiger partial charge on any atom is -0.472 e. The van der Waals surface area contributed by atoms with Crippen LogP contribution in [0.4, 0.5) is 0 Å². The molecule has 0 aromatic carbocycles. The van der Waals surface area contributed by atoms with Crippen molar-refractivity contribution in [1.29, 1.82) is 0 Å². The van der Waals surface area contributed by atoms with Gasteiger partial charge in [-0.05, 0) is 25.8 Å². The lowest BCUT2D eigenvalue weighted by molar-refractivity contribution is 0.0425. The fourth-order valence-corrected chi connectivity index (χ4v) is 2.81. The van der Waals surface area contributed by atoms with Crippen molar-refractivity contribution in [3.05, 3.63) is 24.4 Å². The zero-order valence-corrected chi connectivity index (χ0v) is 11.5. The zero-order valence-electron chi connectivity index (χ0n) is 11.5. The second kappa shape index (κ2) is 5.76. The lowest BCUT2D eigenvalue weighted by Gasteiger charge is -2.39. The highest BCUT2D eigenvalue weighted by Gasteiger charge is 2.28. The Kier molecular flexibility index (Phi) is 3.84. The van der Waals surface area contributed by atoms with Gasteiger partial charge in [-0.1, -0.05) is 11.6 Å². The van der Waals surface area contributed by atoms with Crippen LogP contribution in [0.15, 0.2) is 27.5 Å². The summed E-state index contributed by atoms with van der Waals surface area (Å²) in [6.45, 7) is 2.96. The number of aliphatic hydroxyl groups is 1. The van der Waals surface area contributed by atoms with Crippen molar-refractivity contribution < 1.29 is 14.0 Å². The minimum atomic E-state index is 0.177. The smallest absolute Gasteiger partial charge is 0.261 e. The van der Waals surface area contributed by atoms with Crippen molar-refractivity contribution in [3.8, 4) is 11.5 Å². The summed E-state index contributed by atoms with van der Waals surface area (Å²) in [5.74, 6) is 1.12. The van der Waals surface area contributed by atoms with Crippen LogP contribution in [0, 0.1) is 0 Å². The molecule has 1 aliphatic heterocycles. The maximum atomic E-state index is 9.49. The molecule has 2 atom stereocenters. The quantitative estimate of drug-likeness (QED) is 0.922. The molecular weight excluding hydrogens is 258 g/mol. The van der Waals surface area contributed by atoms with Crippen molar-refractivity contribution in [2.75, 3.05) is 6.61 Å². The summed E-state index contributed by atoms with van der Waals surface area (Å²) >= 11 is 0. The third-order valence-electron chi connectivity index (χ3n) is 3.97. The van der Waals surface area contributed by atoms with E-state index in [1.54, 1.807) is 18.6 Å². The van der Waals surface area contributed by atoms with Gasteiger partial charge in [-0.2, -0.15) is 4.98 Å². The molecule has 108 valence electrons. The second-order valence-electron chi connectivity index (χ2n) is 5.32. The Morgan fingerprint density at radius 3 is 3.10 bits per heavy atom. The van der Waals surface area contributed by atoms with E-state index < -0.39 is 0 Å². The summed E-state index contributed by atoms with van der Waals surface area (Å²) in [6, 6.07) is 2.41. The number of likely N-dealkylation sites (tertiary alicyclic amines) is 1. The molecule has 3 rings (SSSR count). The topological polar surface area (TPSA) is 75.5 Å². The summed E-state index contributed by atoms with van der Waals surface area (Å²) in [5, 5.41) is 13.5. The molecule has 0 saturated carbocycles. The number of hydrogen-bond donors (Lipinski definition) is 1. The van der Waals surface area contributed by atoms with Crippen LogP contribution < -0.4 is 0 Å². The predicted octanol–water partition coefficient (Wildman–Crippen LogP) is 2.06. The monoisotopic (exact) mass is 277 g/mol. The first kappa shape index (κ1) is 13.3. The van der Waals surface area contributed by atoms with Crippen LogP contribution in [0.5, 0.6) is 0 Å². The Bertz CT molecular complexity index is 538. The molecule has 0 amide bonds. The highest BCUT2D eigenvalue weighted by molar-refractivity contribution is 5.49. The van der Waals surface area contributed by atoms with E-state index >= 15 is 0 Å². The molecule has 0 aliphatic carbocycles. The van der Waals surface area contributed by atoms with Crippen molar-refractivity contribution in [1.82, 2.24) is 15.0 Å². The molecule has 1 aliphatic rings. The number of rotatable bonds is 4. The highest BCUT2D eigenvalue weighted by Crippen LogP contribution is 2.25. The van der Waals surface area contributed by atoms with E-state index in [0.29, 0.717) is 24.3 Å². The Labute approximate surface area is 117 Å². The van der Waals surface area contributed by atoms with E-state index in [9.17, 15) is 5.11 Å². The van der Waals surface area contributed by atoms with Crippen LogP contribution in [0.3, 0.4) is 0 Å². The summed E-state index contributed by atoms with van der Waals surface area (Å²) < 4.78 is 10.3. The molecule has 1 saturated heterocycles. The Hall–Kier alpha value is -1.66.